The van der Waals surface area contributed by atoms with Crippen molar-refractivity contribution in [2.75, 3.05) is 18.5 Å². The van der Waals surface area contributed by atoms with E-state index < -0.39 is 23.4 Å². The van der Waals surface area contributed by atoms with Crippen molar-refractivity contribution in [3.8, 4) is 11.1 Å². The van der Waals surface area contributed by atoms with Crippen LogP contribution in [-0.4, -0.2) is 36.2 Å². The Morgan fingerprint density at radius 1 is 0.971 bits per heavy atom. The largest absolute Gasteiger partial charge is 0.478 e. The van der Waals surface area contributed by atoms with Crippen molar-refractivity contribution in [2.24, 2.45) is 5.41 Å². The van der Waals surface area contributed by atoms with Gasteiger partial charge in [-0.1, -0.05) is 48.5 Å². The lowest BCUT2D eigenvalue weighted by molar-refractivity contribution is -0.123. The number of fused-ring (bicyclic) bond motifs is 3. The van der Waals surface area contributed by atoms with Crippen LogP contribution in [0.4, 0.5) is 10.5 Å². The first-order valence-corrected chi connectivity index (χ1v) is 12.2. The molecule has 3 aromatic rings. The highest BCUT2D eigenvalue weighted by Crippen LogP contribution is 2.44. The monoisotopic (exact) mass is 584 g/mol. The molecule has 0 heterocycles. The molecule has 7 nitrogen and oxygen atoms in total. The van der Waals surface area contributed by atoms with Gasteiger partial charge in [-0.25, -0.2) is 9.59 Å². The molecule has 0 saturated heterocycles. The van der Waals surface area contributed by atoms with Crippen LogP contribution < -0.4 is 10.6 Å². The zero-order valence-corrected chi connectivity index (χ0v) is 21.5. The van der Waals surface area contributed by atoms with Crippen LogP contribution in [0.2, 0.25) is 0 Å². The Hall–Kier alpha value is -3.40. The summed E-state index contributed by atoms with van der Waals surface area (Å²) in [4.78, 5) is 36.9. The molecule has 1 aliphatic carbocycles. The summed E-state index contributed by atoms with van der Waals surface area (Å²) in [6.07, 6.45) is -0.617. The maximum Gasteiger partial charge on any atom is 0.407 e. The van der Waals surface area contributed by atoms with E-state index in [-0.39, 0.29) is 30.3 Å². The number of nitrogens with one attached hydrogen (secondary N) is 2. The van der Waals surface area contributed by atoms with Crippen LogP contribution in [0.25, 0.3) is 11.1 Å². The molecule has 0 aliphatic heterocycles. The number of alkyl carbamates (subject to hydrolysis) is 1. The zero-order chi connectivity index (χ0) is 25.2. The van der Waals surface area contributed by atoms with Crippen LogP contribution >= 0.6 is 22.6 Å². The topological polar surface area (TPSA) is 105 Å². The summed E-state index contributed by atoms with van der Waals surface area (Å²) in [5.74, 6) is -1.60. The number of benzene rings is 3. The van der Waals surface area contributed by atoms with Gasteiger partial charge in [-0.15, -0.1) is 0 Å². The minimum absolute atomic E-state index is 0.00513. The number of anilines is 1. The lowest BCUT2D eigenvalue weighted by Crippen LogP contribution is -2.42. The van der Waals surface area contributed by atoms with E-state index in [1.807, 2.05) is 59.0 Å². The lowest BCUT2D eigenvalue weighted by Gasteiger charge is -2.24. The third kappa shape index (κ3) is 5.32. The standard InChI is InChI=1S/C27H25IN2O5/c1-27(2,25(33)30-23-12-11-16(28)13-21(23)24(31)32)15-29-26(34)35-14-22-19-9-5-3-7-17(19)18-8-4-6-10-20(18)22/h3-13,22H,14-15H2,1-2H3,(H,29,34)(H,30,33)(H,31,32). The summed E-state index contributed by atoms with van der Waals surface area (Å²) in [6.45, 7) is 3.53. The van der Waals surface area contributed by atoms with Crippen LogP contribution in [0, 0.1) is 8.99 Å². The fourth-order valence-corrected chi connectivity index (χ4v) is 4.61. The van der Waals surface area contributed by atoms with Crippen molar-refractivity contribution in [1.82, 2.24) is 5.32 Å². The number of carbonyl (C=O) groups excluding carboxylic acids is 2. The highest BCUT2D eigenvalue weighted by molar-refractivity contribution is 14.1. The van der Waals surface area contributed by atoms with Crippen LogP contribution in [0.5, 0.6) is 0 Å². The van der Waals surface area contributed by atoms with E-state index >= 15 is 0 Å². The van der Waals surface area contributed by atoms with Crippen molar-refractivity contribution in [3.63, 3.8) is 0 Å². The van der Waals surface area contributed by atoms with E-state index in [2.05, 4.69) is 22.8 Å². The molecular weight excluding hydrogens is 559 g/mol. The van der Waals surface area contributed by atoms with Gasteiger partial charge in [-0.2, -0.15) is 0 Å². The second-order valence-corrected chi connectivity index (χ2v) is 10.3. The summed E-state index contributed by atoms with van der Waals surface area (Å²) in [5.41, 5.74) is 3.73. The highest BCUT2D eigenvalue weighted by Gasteiger charge is 2.31. The zero-order valence-electron chi connectivity index (χ0n) is 19.3. The van der Waals surface area contributed by atoms with Gasteiger partial charge in [0.25, 0.3) is 0 Å². The smallest absolute Gasteiger partial charge is 0.407 e. The molecule has 0 saturated carbocycles. The second kappa shape index (κ2) is 10.1. The van der Waals surface area contributed by atoms with E-state index in [0.717, 1.165) is 25.8 Å². The van der Waals surface area contributed by atoms with E-state index in [9.17, 15) is 19.5 Å². The molecular formula is C27H25IN2O5. The van der Waals surface area contributed by atoms with E-state index in [1.54, 1.807) is 26.0 Å². The molecule has 0 aromatic heterocycles. The molecule has 0 atom stereocenters. The number of carbonyl (C=O) groups is 3. The number of halogens is 1. The van der Waals surface area contributed by atoms with Gasteiger partial charge in [0.1, 0.15) is 6.61 Å². The molecule has 180 valence electrons. The van der Waals surface area contributed by atoms with Crippen LogP contribution in [-0.2, 0) is 9.53 Å². The SMILES string of the molecule is CC(C)(CNC(=O)OCC1c2ccccc2-c2ccccc21)C(=O)Nc1ccc(I)cc1C(=O)O. The molecule has 4 rings (SSSR count). The number of hydrogen-bond acceptors (Lipinski definition) is 4. The fraction of sp³-hybridized carbons (Fsp3) is 0.222. The maximum atomic E-state index is 12.9. The predicted molar refractivity (Wildman–Crippen MR) is 142 cm³/mol. The number of carboxylic acids is 1. The van der Waals surface area contributed by atoms with Gasteiger partial charge < -0.3 is 20.5 Å². The second-order valence-electron chi connectivity index (χ2n) is 9.01. The van der Waals surface area contributed by atoms with E-state index in [0.29, 0.717) is 0 Å². The number of hydrogen-bond donors (Lipinski definition) is 3. The number of amides is 2. The Bertz CT molecular complexity index is 1260. The van der Waals surface area contributed by atoms with Crippen molar-refractivity contribution in [2.45, 2.75) is 19.8 Å². The molecule has 0 bridgehead atoms. The minimum atomic E-state index is -1.13. The third-order valence-corrected chi connectivity index (χ3v) is 6.76. The highest BCUT2D eigenvalue weighted by atomic mass is 127. The molecule has 0 radical (unpaired) electrons. The predicted octanol–water partition coefficient (Wildman–Crippen LogP) is 5.49. The van der Waals surface area contributed by atoms with E-state index in [4.69, 9.17) is 4.74 Å². The van der Waals surface area contributed by atoms with Crippen molar-refractivity contribution in [1.29, 1.82) is 0 Å². The maximum absolute atomic E-state index is 12.9. The first-order chi connectivity index (χ1) is 16.7. The molecule has 2 amide bonds. The number of aromatic carboxylic acids is 1. The molecule has 8 heteroatoms. The normalized spacial score (nSPS) is 12.4. The molecule has 0 fully saturated rings. The van der Waals surface area contributed by atoms with Gasteiger partial charge in [-0.05, 0) is 76.9 Å². The van der Waals surface area contributed by atoms with Gasteiger partial charge in [0.05, 0.1) is 16.7 Å². The number of ether oxygens (including phenoxy) is 1. The van der Waals surface area contributed by atoms with Gasteiger partial charge in [0.2, 0.25) is 5.91 Å². The Balaban J connectivity index is 1.36. The van der Waals surface area contributed by atoms with Crippen molar-refractivity contribution >= 4 is 46.2 Å². The Morgan fingerprint density at radius 3 is 2.17 bits per heavy atom. The molecule has 0 spiro atoms. The van der Waals surface area contributed by atoms with E-state index in [1.165, 1.54) is 6.07 Å². The number of carboxylic acid groups (broad SMARTS) is 1. The molecule has 1 aliphatic rings. The summed E-state index contributed by atoms with van der Waals surface area (Å²) in [7, 11) is 0. The average molecular weight is 584 g/mol. The van der Waals surface area contributed by atoms with Gasteiger partial charge in [-0.3, -0.25) is 4.79 Å². The minimum Gasteiger partial charge on any atom is -0.478 e. The quantitative estimate of drug-likeness (QED) is 0.319. The first kappa shape index (κ1) is 24.7. The Kier molecular flexibility index (Phi) is 7.11. The molecule has 3 aromatic carbocycles. The number of rotatable bonds is 7. The van der Waals surface area contributed by atoms with Gasteiger partial charge in [0, 0.05) is 16.0 Å². The third-order valence-electron chi connectivity index (χ3n) is 6.09. The van der Waals surface area contributed by atoms with Gasteiger partial charge >= 0.3 is 12.1 Å². The summed E-state index contributed by atoms with van der Waals surface area (Å²) < 4.78 is 6.28. The average Bonchev–Trinajstić information content (AvgIpc) is 3.16. The molecule has 35 heavy (non-hydrogen) atoms. The fourth-order valence-electron chi connectivity index (χ4n) is 4.12. The molecule has 0 unspecified atom stereocenters. The molecule has 3 N–H and O–H groups in total. The lowest BCUT2D eigenvalue weighted by atomic mass is 9.92. The van der Waals surface area contributed by atoms with Crippen molar-refractivity contribution in [3.05, 3.63) is 87.0 Å². The Morgan fingerprint density at radius 2 is 1.57 bits per heavy atom. The summed E-state index contributed by atoms with van der Waals surface area (Å²) in [5, 5.41) is 14.8. The summed E-state index contributed by atoms with van der Waals surface area (Å²) in [6, 6.07) is 20.9. The van der Waals surface area contributed by atoms with Crippen LogP contribution in [0.15, 0.2) is 66.7 Å². The van der Waals surface area contributed by atoms with Gasteiger partial charge in [0.15, 0.2) is 0 Å². The first-order valence-electron chi connectivity index (χ1n) is 11.1. The van der Waals surface area contributed by atoms with Crippen LogP contribution in [0.3, 0.4) is 0 Å². The summed E-state index contributed by atoms with van der Waals surface area (Å²) >= 11 is 2.01. The Labute approximate surface area is 217 Å². The van der Waals surface area contributed by atoms with Crippen LogP contribution in [0.1, 0.15) is 41.3 Å². The van der Waals surface area contributed by atoms with Crippen molar-refractivity contribution < 1.29 is 24.2 Å².